The molecule has 120 valence electrons. The predicted molar refractivity (Wildman–Crippen MR) is 95.6 cm³/mol. The Bertz CT molecular complexity index is 993. The molecule has 3 aromatic rings. The van der Waals surface area contributed by atoms with Crippen molar-refractivity contribution in [3.05, 3.63) is 64.3 Å². The molecular formula is C19H16ClN3O. The van der Waals surface area contributed by atoms with Gasteiger partial charge in [-0.25, -0.2) is 0 Å². The van der Waals surface area contributed by atoms with Crippen molar-refractivity contribution >= 4 is 34.1 Å². The normalized spacial score (nSPS) is 19.2. The average molecular weight is 338 g/mol. The maximum absolute atomic E-state index is 12.9. The second-order valence-electron chi connectivity index (χ2n) is 6.46. The molecule has 0 aliphatic carbocycles. The van der Waals surface area contributed by atoms with E-state index in [1.165, 1.54) is 5.56 Å². The van der Waals surface area contributed by atoms with E-state index >= 15 is 0 Å². The van der Waals surface area contributed by atoms with Crippen LogP contribution in [0.15, 0.2) is 42.5 Å². The number of fused-ring (bicyclic) bond motifs is 6. The van der Waals surface area contributed by atoms with Gasteiger partial charge in [-0.3, -0.25) is 4.79 Å². The minimum absolute atomic E-state index is 0.0951. The number of halogens is 1. The lowest BCUT2D eigenvalue weighted by molar-refractivity contribution is 0.0634. The zero-order chi connectivity index (χ0) is 16.4. The second-order valence-corrected chi connectivity index (χ2v) is 6.89. The first-order valence-corrected chi connectivity index (χ1v) is 8.46. The molecule has 5 heteroatoms. The number of rotatable bonds is 0. The van der Waals surface area contributed by atoms with Gasteiger partial charge in [0.05, 0.1) is 16.9 Å². The summed E-state index contributed by atoms with van der Waals surface area (Å²) in [5.41, 5.74) is 5.20. The standard InChI is InChI=1S/C19H16ClN3O/c1-22-16-5-3-2-4-13(16)19(24)23-9-8-12-14-10-11(20)6-7-15(14)21-17(12)18(22)23/h2-7,10,18,21H,8-9H2,1H3/t18-/m0/s1. The van der Waals surface area contributed by atoms with Crippen LogP contribution in [0.25, 0.3) is 10.9 Å². The molecule has 0 unspecified atom stereocenters. The van der Waals surface area contributed by atoms with Gasteiger partial charge in [0.25, 0.3) is 5.91 Å². The summed E-state index contributed by atoms with van der Waals surface area (Å²) in [7, 11) is 2.05. The molecule has 0 saturated heterocycles. The summed E-state index contributed by atoms with van der Waals surface area (Å²) in [5.74, 6) is 0.107. The van der Waals surface area contributed by atoms with Crippen LogP contribution in [-0.2, 0) is 6.42 Å². The fourth-order valence-electron chi connectivity index (χ4n) is 4.10. The number of amides is 1. The molecule has 0 radical (unpaired) electrons. The number of carbonyl (C=O) groups is 1. The van der Waals surface area contributed by atoms with E-state index in [4.69, 9.17) is 11.6 Å². The van der Waals surface area contributed by atoms with Crippen molar-refractivity contribution in [1.29, 1.82) is 0 Å². The van der Waals surface area contributed by atoms with Crippen LogP contribution in [0.4, 0.5) is 5.69 Å². The fraction of sp³-hybridized carbons (Fsp3) is 0.211. The Hall–Kier alpha value is -2.46. The largest absolute Gasteiger partial charge is 0.355 e. The number of para-hydroxylation sites is 1. The molecular weight excluding hydrogens is 322 g/mol. The first-order chi connectivity index (χ1) is 11.6. The molecule has 2 aliphatic rings. The number of aromatic nitrogens is 1. The number of aromatic amines is 1. The summed E-state index contributed by atoms with van der Waals surface area (Å²) in [5, 5.41) is 1.90. The molecule has 24 heavy (non-hydrogen) atoms. The van der Waals surface area contributed by atoms with Gasteiger partial charge in [0, 0.05) is 29.5 Å². The Morgan fingerprint density at radius 1 is 1.21 bits per heavy atom. The van der Waals surface area contributed by atoms with Crippen LogP contribution in [0.2, 0.25) is 5.02 Å². The molecule has 3 heterocycles. The molecule has 1 amide bonds. The highest BCUT2D eigenvalue weighted by Gasteiger charge is 2.41. The van der Waals surface area contributed by atoms with E-state index in [1.54, 1.807) is 0 Å². The Morgan fingerprint density at radius 2 is 2.04 bits per heavy atom. The number of nitrogens with one attached hydrogen (secondary N) is 1. The smallest absolute Gasteiger partial charge is 0.257 e. The minimum Gasteiger partial charge on any atom is -0.355 e. The molecule has 0 bridgehead atoms. The van der Waals surface area contributed by atoms with Gasteiger partial charge in [0.15, 0.2) is 0 Å². The number of anilines is 1. The molecule has 0 fully saturated rings. The third-order valence-electron chi connectivity index (χ3n) is 5.20. The van der Waals surface area contributed by atoms with E-state index in [0.717, 1.165) is 39.3 Å². The summed E-state index contributed by atoms with van der Waals surface area (Å²) in [6, 6.07) is 13.7. The zero-order valence-electron chi connectivity index (χ0n) is 13.2. The molecule has 2 aliphatic heterocycles. The van der Waals surface area contributed by atoms with Crippen molar-refractivity contribution in [2.24, 2.45) is 0 Å². The first kappa shape index (κ1) is 13.9. The van der Waals surface area contributed by atoms with E-state index in [9.17, 15) is 4.79 Å². The van der Waals surface area contributed by atoms with Gasteiger partial charge in [0.1, 0.15) is 6.17 Å². The maximum atomic E-state index is 12.9. The van der Waals surface area contributed by atoms with Gasteiger partial charge in [-0.05, 0) is 42.3 Å². The number of H-pyrrole nitrogens is 1. The molecule has 1 atom stereocenters. The van der Waals surface area contributed by atoms with Gasteiger partial charge < -0.3 is 14.8 Å². The molecule has 0 saturated carbocycles. The van der Waals surface area contributed by atoms with Gasteiger partial charge in [-0.2, -0.15) is 0 Å². The monoisotopic (exact) mass is 337 g/mol. The highest BCUT2D eigenvalue weighted by atomic mass is 35.5. The Kier molecular flexibility index (Phi) is 2.77. The molecule has 4 nitrogen and oxygen atoms in total. The van der Waals surface area contributed by atoms with Crippen LogP contribution in [0, 0.1) is 0 Å². The van der Waals surface area contributed by atoms with Crippen molar-refractivity contribution in [3.8, 4) is 0 Å². The number of benzene rings is 2. The second kappa shape index (κ2) is 4.77. The SMILES string of the molecule is CN1c2ccccc2C(=O)N2CCc3c([nH]c4ccc(Cl)cc34)[C@H]21. The van der Waals surface area contributed by atoms with Crippen LogP contribution in [0.5, 0.6) is 0 Å². The topological polar surface area (TPSA) is 39.3 Å². The van der Waals surface area contributed by atoms with E-state index < -0.39 is 0 Å². The van der Waals surface area contributed by atoms with E-state index in [2.05, 4.69) is 16.9 Å². The molecule has 0 spiro atoms. The quantitative estimate of drug-likeness (QED) is 0.674. The third-order valence-corrected chi connectivity index (χ3v) is 5.43. The number of carbonyl (C=O) groups excluding carboxylic acids is 1. The molecule has 1 N–H and O–H groups in total. The lowest BCUT2D eigenvalue weighted by Gasteiger charge is -2.46. The Balaban J connectivity index is 1.74. The van der Waals surface area contributed by atoms with Crippen LogP contribution in [0.1, 0.15) is 27.8 Å². The van der Waals surface area contributed by atoms with Crippen molar-refractivity contribution in [2.75, 3.05) is 18.5 Å². The Labute approximate surface area is 144 Å². The summed E-state index contributed by atoms with van der Waals surface area (Å²) in [6.07, 6.45) is 0.746. The van der Waals surface area contributed by atoms with Crippen LogP contribution < -0.4 is 4.90 Å². The first-order valence-electron chi connectivity index (χ1n) is 8.08. The van der Waals surface area contributed by atoms with E-state index in [1.807, 2.05) is 47.4 Å². The zero-order valence-corrected chi connectivity index (χ0v) is 14.0. The average Bonchev–Trinajstić information content (AvgIpc) is 2.97. The summed E-state index contributed by atoms with van der Waals surface area (Å²) in [4.78, 5) is 20.6. The van der Waals surface area contributed by atoms with Gasteiger partial charge in [-0.15, -0.1) is 0 Å². The summed E-state index contributed by atoms with van der Waals surface area (Å²) < 4.78 is 0. The minimum atomic E-state index is -0.0951. The van der Waals surface area contributed by atoms with Gasteiger partial charge >= 0.3 is 0 Å². The van der Waals surface area contributed by atoms with E-state index in [0.29, 0.717) is 6.54 Å². The van der Waals surface area contributed by atoms with Crippen LogP contribution >= 0.6 is 11.6 Å². The number of hydrogen-bond acceptors (Lipinski definition) is 2. The van der Waals surface area contributed by atoms with Crippen LogP contribution in [0.3, 0.4) is 0 Å². The van der Waals surface area contributed by atoms with Crippen molar-refractivity contribution in [1.82, 2.24) is 9.88 Å². The van der Waals surface area contributed by atoms with Crippen molar-refractivity contribution < 1.29 is 4.79 Å². The van der Waals surface area contributed by atoms with Crippen molar-refractivity contribution in [3.63, 3.8) is 0 Å². The highest BCUT2D eigenvalue weighted by molar-refractivity contribution is 6.31. The third kappa shape index (κ3) is 1.72. The summed E-state index contributed by atoms with van der Waals surface area (Å²) in [6.45, 7) is 0.717. The lowest BCUT2D eigenvalue weighted by atomic mass is 9.96. The highest BCUT2D eigenvalue weighted by Crippen LogP contribution is 2.43. The van der Waals surface area contributed by atoms with Gasteiger partial charge in [-0.1, -0.05) is 23.7 Å². The molecule has 1 aromatic heterocycles. The fourth-order valence-corrected chi connectivity index (χ4v) is 4.28. The molecule has 2 aromatic carbocycles. The molecule has 5 rings (SSSR count). The maximum Gasteiger partial charge on any atom is 0.257 e. The Morgan fingerprint density at radius 3 is 2.92 bits per heavy atom. The lowest BCUT2D eigenvalue weighted by Crippen LogP contribution is -2.51. The summed E-state index contributed by atoms with van der Waals surface area (Å²) >= 11 is 6.19. The predicted octanol–water partition coefficient (Wildman–Crippen LogP) is 3.97. The van der Waals surface area contributed by atoms with Crippen molar-refractivity contribution in [2.45, 2.75) is 12.6 Å². The number of hydrogen-bond donors (Lipinski definition) is 1. The van der Waals surface area contributed by atoms with Gasteiger partial charge in [0.2, 0.25) is 0 Å². The number of nitrogens with zero attached hydrogens (tertiary/aromatic N) is 2. The van der Waals surface area contributed by atoms with E-state index in [-0.39, 0.29) is 12.1 Å². The van der Waals surface area contributed by atoms with Crippen LogP contribution in [-0.4, -0.2) is 29.4 Å².